The molecular weight excluding hydrogens is 418 g/mol. The van der Waals surface area contributed by atoms with Crippen molar-refractivity contribution in [3.05, 3.63) is 54.1 Å². The first-order valence-corrected chi connectivity index (χ1v) is 11.4. The van der Waals surface area contributed by atoms with E-state index >= 15 is 0 Å². The molecule has 1 N–H and O–H groups in total. The van der Waals surface area contributed by atoms with E-state index < -0.39 is 21.8 Å². The number of fused-ring (bicyclic) bond motifs is 1. The first-order valence-electron chi connectivity index (χ1n) is 8.12. The summed E-state index contributed by atoms with van der Waals surface area (Å²) in [7, 11) is -0.711. The van der Waals surface area contributed by atoms with Crippen LogP contribution >= 0.6 is 23.1 Å². The van der Waals surface area contributed by atoms with E-state index in [1.54, 1.807) is 0 Å². The van der Waals surface area contributed by atoms with Crippen molar-refractivity contribution < 1.29 is 18.0 Å². The molecule has 0 radical (unpaired) electrons. The van der Waals surface area contributed by atoms with Crippen LogP contribution in [-0.2, 0) is 14.8 Å². The van der Waals surface area contributed by atoms with E-state index in [-0.39, 0.29) is 16.2 Å². The topological polar surface area (TPSA) is 96.4 Å². The minimum absolute atomic E-state index is 0.0542. The highest BCUT2D eigenvalue weighted by molar-refractivity contribution is 8.01. The van der Waals surface area contributed by atoms with Crippen LogP contribution in [0.15, 0.2) is 57.8 Å². The van der Waals surface area contributed by atoms with Crippen LogP contribution in [0.3, 0.4) is 0 Å². The maximum atomic E-state index is 12.2. The van der Waals surface area contributed by atoms with Gasteiger partial charge in [0.05, 0.1) is 20.9 Å². The van der Waals surface area contributed by atoms with Crippen molar-refractivity contribution in [3.8, 4) is 0 Å². The molecule has 0 aliphatic rings. The highest BCUT2D eigenvalue weighted by atomic mass is 32.2. The van der Waals surface area contributed by atoms with Crippen molar-refractivity contribution in [1.82, 2.24) is 14.6 Å². The lowest BCUT2D eigenvalue weighted by Gasteiger charge is -2.11. The quantitative estimate of drug-likeness (QED) is 0.598. The molecule has 3 rings (SSSR count). The summed E-state index contributed by atoms with van der Waals surface area (Å²) in [6.07, 6.45) is 0. The number of nitrogens with one attached hydrogen (secondary N) is 1. The van der Waals surface area contributed by atoms with Crippen LogP contribution in [0.2, 0.25) is 0 Å². The molecular formula is C18H17N3O4S3. The van der Waals surface area contributed by atoms with Crippen LogP contribution in [0, 0.1) is 0 Å². The van der Waals surface area contributed by atoms with Gasteiger partial charge in [-0.2, -0.15) is 0 Å². The molecule has 0 aliphatic heterocycles. The standard InChI is InChI=1S/C18H17N3O4S3/c1-21(2)28(24,25)13-9-7-12(8-10-13)17(23)20-16(22)11-26-18-19-14-5-3-4-6-15(14)27-18/h3-10H,11H2,1-2H3,(H,20,22,23). The number of benzene rings is 2. The van der Waals surface area contributed by atoms with Crippen molar-refractivity contribution in [2.45, 2.75) is 9.24 Å². The molecule has 1 heterocycles. The Bertz CT molecular complexity index is 1090. The monoisotopic (exact) mass is 435 g/mol. The van der Waals surface area contributed by atoms with Gasteiger partial charge < -0.3 is 0 Å². The zero-order valence-electron chi connectivity index (χ0n) is 15.1. The van der Waals surface area contributed by atoms with Crippen LogP contribution in [0.5, 0.6) is 0 Å². The average Bonchev–Trinajstić information content (AvgIpc) is 3.09. The van der Waals surface area contributed by atoms with E-state index in [2.05, 4.69) is 10.3 Å². The van der Waals surface area contributed by atoms with Gasteiger partial charge in [-0.15, -0.1) is 11.3 Å². The number of aromatic nitrogens is 1. The number of thiazole rings is 1. The minimum atomic E-state index is -3.57. The maximum absolute atomic E-state index is 12.2. The molecule has 2 aromatic carbocycles. The zero-order valence-corrected chi connectivity index (χ0v) is 17.5. The molecule has 0 saturated carbocycles. The molecule has 28 heavy (non-hydrogen) atoms. The van der Waals surface area contributed by atoms with Gasteiger partial charge in [-0.05, 0) is 36.4 Å². The number of carbonyl (C=O) groups is 2. The summed E-state index contributed by atoms with van der Waals surface area (Å²) in [5.74, 6) is -0.971. The number of carbonyl (C=O) groups excluding carboxylic acids is 2. The Kier molecular flexibility index (Phi) is 6.14. The van der Waals surface area contributed by atoms with Gasteiger partial charge in [0, 0.05) is 19.7 Å². The maximum Gasteiger partial charge on any atom is 0.257 e. The highest BCUT2D eigenvalue weighted by Crippen LogP contribution is 2.29. The average molecular weight is 436 g/mol. The van der Waals surface area contributed by atoms with Crippen LogP contribution in [-0.4, -0.2) is 49.4 Å². The van der Waals surface area contributed by atoms with Crippen molar-refractivity contribution in [3.63, 3.8) is 0 Å². The van der Waals surface area contributed by atoms with Crippen molar-refractivity contribution in [1.29, 1.82) is 0 Å². The number of hydrogen-bond acceptors (Lipinski definition) is 7. The molecule has 7 nitrogen and oxygen atoms in total. The Morgan fingerprint density at radius 1 is 1.11 bits per heavy atom. The fourth-order valence-corrected chi connectivity index (χ4v) is 5.03. The zero-order chi connectivity index (χ0) is 20.3. The fourth-order valence-electron chi connectivity index (χ4n) is 2.26. The summed E-state index contributed by atoms with van der Waals surface area (Å²) in [5.41, 5.74) is 1.08. The fraction of sp³-hybridized carbons (Fsp3) is 0.167. The molecule has 0 aliphatic carbocycles. The third-order valence-electron chi connectivity index (χ3n) is 3.75. The van der Waals surface area contributed by atoms with Gasteiger partial charge in [-0.25, -0.2) is 17.7 Å². The predicted octanol–water partition coefficient (Wildman–Crippen LogP) is 2.60. The lowest BCUT2D eigenvalue weighted by molar-refractivity contribution is -0.117. The Labute approximate surface area is 170 Å². The molecule has 0 saturated heterocycles. The predicted molar refractivity (Wildman–Crippen MR) is 110 cm³/mol. The summed E-state index contributed by atoms with van der Waals surface area (Å²) >= 11 is 2.75. The van der Waals surface area contributed by atoms with Crippen molar-refractivity contribution in [2.75, 3.05) is 19.8 Å². The normalized spacial score (nSPS) is 11.7. The first-order chi connectivity index (χ1) is 13.3. The van der Waals surface area contributed by atoms with E-state index in [9.17, 15) is 18.0 Å². The van der Waals surface area contributed by atoms with Crippen molar-refractivity contribution >= 4 is 55.2 Å². The second-order valence-electron chi connectivity index (χ2n) is 5.93. The van der Waals surface area contributed by atoms with Gasteiger partial charge in [-0.3, -0.25) is 14.9 Å². The molecule has 146 valence electrons. The smallest absolute Gasteiger partial charge is 0.257 e. The molecule has 1 aromatic heterocycles. The van der Waals surface area contributed by atoms with Crippen LogP contribution in [0.25, 0.3) is 10.2 Å². The second kappa shape index (κ2) is 8.39. The van der Waals surface area contributed by atoms with Gasteiger partial charge in [0.15, 0.2) is 4.34 Å². The number of amides is 2. The van der Waals surface area contributed by atoms with E-state index in [0.29, 0.717) is 0 Å². The van der Waals surface area contributed by atoms with E-state index in [1.807, 2.05) is 24.3 Å². The highest BCUT2D eigenvalue weighted by Gasteiger charge is 2.18. The Morgan fingerprint density at radius 2 is 1.79 bits per heavy atom. The number of hydrogen-bond donors (Lipinski definition) is 1. The summed E-state index contributed by atoms with van der Waals surface area (Å²) < 4.78 is 27.0. The molecule has 0 atom stereocenters. The van der Waals surface area contributed by atoms with Gasteiger partial charge in [0.1, 0.15) is 0 Å². The lowest BCUT2D eigenvalue weighted by atomic mass is 10.2. The number of imide groups is 1. The van der Waals surface area contributed by atoms with Crippen LogP contribution in [0.4, 0.5) is 0 Å². The number of nitrogens with zero attached hydrogens (tertiary/aromatic N) is 2. The van der Waals surface area contributed by atoms with E-state index in [0.717, 1.165) is 18.9 Å². The largest absolute Gasteiger partial charge is 0.292 e. The molecule has 10 heteroatoms. The van der Waals surface area contributed by atoms with Crippen LogP contribution < -0.4 is 5.32 Å². The van der Waals surface area contributed by atoms with Gasteiger partial charge in [-0.1, -0.05) is 23.9 Å². The van der Waals surface area contributed by atoms with E-state index in [4.69, 9.17) is 0 Å². The Hall–Kier alpha value is -2.27. The minimum Gasteiger partial charge on any atom is -0.292 e. The number of sulfonamides is 1. The molecule has 0 fully saturated rings. The number of para-hydroxylation sites is 1. The van der Waals surface area contributed by atoms with Crippen LogP contribution in [0.1, 0.15) is 10.4 Å². The summed E-state index contributed by atoms with van der Waals surface area (Å²) in [5, 5.41) is 2.30. The second-order valence-corrected chi connectivity index (χ2v) is 10.3. The molecule has 0 unspecified atom stereocenters. The van der Waals surface area contributed by atoms with Crippen molar-refractivity contribution in [2.24, 2.45) is 0 Å². The molecule has 2 amide bonds. The molecule has 0 spiro atoms. The third-order valence-corrected chi connectivity index (χ3v) is 7.76. The van der Waals surface area contributed by atoms with Gasteiger partial charge >= 0.3 is 0 Å². The Morgan fingerprint density at radius 3 is 2.43 bits per heavy atom. The first kappa shape index (κ1) is 20.5. The van der Waals surface area contributed by atoms with Gasteiger partial charge in [0.2, 0.25) is 15.9 Å². The molecule has 3 aromatic rings. The van der Waals surface area contributed by atoms with Gasteiger partial charge in [0.25, 0.3) is 5.91 Å². The van der Waals surface area contributed by atoms with E-state index in [1.165, 1.54) is 61.5 Å². The summed E-state index contributed by atoms with van der Waals surface area (Å²) in [4.78, 5) is 28.7. The summed E-state index contributed by atoms with van der Waals surface area (Å²) in [6.45, 7) is 0. The third kappa shape index (κ3) is 4.58. The lowest BCUT2D eigenvalue weighted by Crippen LogP contribution is -2.31. The SMILES string of the molecule is CN(C)S(=O)(=O)c1ccc(C(=O)NC(=O)CSc2nc3ccccc3s2)cc1. The molecule has 0 bridgehead atoms. The Balaban J connectivity index is 1.58. The summed E-state index contributed by atoms with van der Waals surface area (Å²) in [6, 6.07) is 13.1. The number of rotatable bonds is 6. The number of thioether (sulfide) groups is 1.